The molecule has 4 amide bonds. The second kappa shape index (κ2) is 16.4. The predicted octanol–water partition coefficient (Wildman–Crippen LogP) is 6.49. The lowest BCUT2D eigenvalue weighted by Crippen LogP contribution is -2.51. The van der Waals surface area contributed by atoms with Crippen molar-refractivity contribution in [2.75, 3.05) is 27.3 Å². The summed E-state index contributed by atoms with van der Waals surface area (Å²) in [5.74, 6) is 0.912. The highest BCUT2D eigenvalue weighted by atomic mass is 16.5. The molecular formula is C40H48N8O6. The highest BCUT2D eigenvalue weighted by Crippen LogP contribution is 2.35. The van der Waals surface area contributed by atoms with Gasteiger partial charge in [0.1, 0.15) is 23.4 Å². The van der Waals surface area contributed by atoms with Gasteiger partial charge in [0.25, 0.3) is 5.91 Å². The second-order valence-corrected chi connectivity index (χ2v) is 14.2. The number of carbonyl (C=O) groups excluding carboxylic acids is 4. The molecule has 2 aromatic carbocycles. The van der Waals surface area contributed by atoms with E-state index in [1.165, 1.54) is 14.2 Å². The zero-order valence-electron chi connectivity index (χ0n) is 31.6. The standard InChI is InChI=1S/C40H48N8O6/c1-23(2)33(45-39(51)53-5)37(49)47-19-7-9-31(47)35-41-21-29(43-35)27-15-11-25(12-16-27)26-13-17-28(18-14-26)30-22-42-36(44-30)32-10-8-20-48(32)38(50)34(24(3)4)46-40(52)54-6/h11-18,21-23,31-33H,7-10,19-20H2,1-6H3,(H,41,43)(H,42,44)(H,45,51)(H,46,52)/t31?,32?,33-/m0/s1. The average Bonchev–Trinajstić information content (AvgIpc) is 4.02. The molecule has 2 saturated heterocycles. The van der Waals surface area contributed by atoms with Gasteiger partial charge in [0.05, 0.1) is 50.1 Å². The van der Waals surface area contributed by atoms with Crippen molar-refractivity contribution >= 4 is 24.0 Å². The molecule has 2 aliphatic rings. The monoisotopic (exact) mass is 736 g/mol. The van der Waals surface area contributed by atoms with Crippen LogP contribution < -0.4 is 10.6 Å². The van der Waals surface area contributed by atoms with Gasteiger partial charge >= 0.3 is 12.2 Å². The topological polar surface area (TPSA) is 175 Å². The summed E-state index contributed by atoms with van der Waals surface area (Å²) >= 11 is 0. The molecule has 0 bridgehead atoms. The van der Waals surface area contributed by atoms with Crippen molar-refractivity contribution in [1.29, 1.82) is 0 Å². The fourth-order valence-electron chi connectivity index (χ4n) is 7.17. The number of aromatic nitrogens is 4. The van der Waals surface area contributed by atoms with Crippen LogP contribution in [0.2, 0.25) is 0 Å². The maximum absolute atomic E-state index is 13.5. The zero-order valence-corrected chi connectivity index (χ0v) is 31.6. The molecule has 4 heterocycles. The number of allylic oxidation sites excluding steroid dienone is 1. The summed E-state index contributed by atoms with van der Waals surface area (Å²) in [6.45, 7) is 8.51. The minimum absolute atomic E-state index is 0.105. The summed E-state index contributed by atoms with van der Waals surface area (Å²) in [5.41, 5.74) is 6.65. The number of likely N-dealkylation sites (tertiary alicyclic amines) is 2. The van der Waals surface area contributed by atoms with Gasteiger partial charge < -0.3 is 34.6 Å². The number of imidazole rings is 2. The fourth-order valence-corrected chi connectivity index (χ4v) is 7.17. The Bertz CT molecular complexity index is 2010. The fraction of sp³-hybridized carbons (Fsp3) is 0.400. The first kappa shape index (κ1) is 37.8. The van der Waals surface area contributed by atoms with Crippen LogP contribution in [0.1, 0.15) is 77.1 Å². The Hall–Kier alpha value is -5.92. The summed E-state index contributed by atoms with van der Waals surface area (Å²) in [4.78, 5) is 70.5. The first-order valence-electron chi connectivity index (χ1n) is 18.3. The number of amides is 4. The Morgan fingerprint density at radius 2 is 1.19 bits per heavy atom. The number of aromatic amines is 2. The van der Waals surface area contributed by atoms with E-state index in [1.807, 2.05) is 38.1 Å². The number of H-pyrrole nitrogens is 2. The maximum atomic E-state index is 13.5. The van der Waals surface area contributed by atoms with Crippen LogP contribution in [0.4, 0.5) is 9.59 Å². The number of nitrogens with zero attached hydrogens (tertiary/aromatic N) is 4. The smallest absolute Gasteiger partial charge is 0.411 e. The number of ether oxygens (including phenoxy) is 2. The van der Waals surface area contributed by atoms with Crippen molar-refractivity contribution in [2.24, 2.45) is 5.92 Å². The van der Waals surface area contributed by atoms with Gasteiger partial charge in [-0.1, -0.05) is 62.4 Å². The largest absolute Gasteiger partial charge is 0.453 e. The highest BCUT2D eigenvalue weighted by Gasteiger charge is 2.38. The molecule has 2 aliphatic heterocycles. The van der Waals surface area contributed by atoms with Gasteiger partial charge in [-0.2, -0.15) is 0 Å². The summed E-state index contributed by atoms with van der Waals surface area (Å²) in [6.07, 6.45) is 5.49. The van der Waals surface area contributed by atoms with E-state index in [1.54, 1.807) is 36.0 Å². The minimum Gasteiger partial charge on any atom is -0.453 e. The Balaban J connectivity index is 1.11. The number of benzene rings is 2. The van der Waals surface area contributed by atoms with Crippen molar-refractivity contribution < 1.29 is 28.7 Å². The molecule has 54 heavy (non-hydrogen) atoms. The van der Waals surface area contributed by atoms with Gasteiger partial charge in [0, 0.05) is 13.1 Å². The van der Waals surface area contributed by atoms with E-state index >= 15 is 0 Å². The van der Waals surface area contributed by atoms with Crippen molar-refractivity contribution in [3.8, 4) is 33.6 Å². The quantitative estimate of drug-likeness (QED) is 0.134. The number of alkyl carbamates (subject to hydrolysis) is 2. The van der Waals surface area contributed by atoms with E-state index in [-0.39, 0.29) is 35.5 Å². The Kier molecular flexibility index (Phi) is 11.5. The lowest BCUT2D eigenvalue weighted by Gasteiger charge is -2.30. The maximum Gasteiger partial charge on any atom is 0.411 e. The third-order valence-electron chi connectivity index (χ3n) is 10.1. The molecule has 3 atom stereocenters. The molecule has 4 aromatic rings. The molecule has 6 rings (SSSR count). The highest BCUT2D eigenvalue weighted by molar-refractivity contribution is 5.97. The number of methoxy groups -OCH3 is 2. The number of hydrogen-bond acceptors (Lipinski definition) is 8. The van der Waals surface area contributed by atoms with Crippen LogP contribution in [-0.2, 0) is 19.1 Å². The van der Waals surface area contributed by atoms with E-state index in [9.17, 15) is 19.2 Å². The van der Waals surface area contributed by atoms with Crippen LogP contribution in [0.3, 0.4) is 0 Å². The Morgan fingerprint density at radius 3 is 1.65 bits per heavy atom. The molecule has 14 nitrogen and oxygen atoms in total. The number of nitrogens with one attached hydrogen (secondary N) is 4. The molecule has 14 heteroatoms. The van der Waals surface area contributed by atoms with E-state index in [4.69, 9.17) is 9.47 Å². The molecule has 0 aliphatic carbocycles. The molecule has 0 radical (unpaired) electrons. The van der Waals surface area contributed by atoms with Gasteiger partial charge in [-0.15, -0.1) is 0 Å². The van der Waals surface area contributed by atoms with Crippen molar-refractivity contribution in [2.45, 2.75) is 71.5 Å². The molecule has 0 spiro atoms. The van der Waals surface area contributed by atoms with Crippen LogP contribution in [0.25, 0.3) is 33.6 Å². The van der Waals surface area contributed by atoms with Gasteiger partial charge in [-0.05, 0) is 73.3 Å². The Labute approximate surface area is 314 Å². The summed E-state index contributed by atoms with van der Waals surface area (Å²) in [6, 6.07) is 15.3. The van der Waals surface area contributed by atoms with Crippen molar-refractivity contribution in [3.63, 3.8) is 0 Å². The van der Waals surface area contributed by atoms with Gasteiger partial charge in [-0.3, -0.25) is 14.9 Å². The van der Waals surface area contributed by atoms with Crippen LogP contribution >= 0.6 is 0 Å². The van der Waals surface area contributed by atoms with E-state index in [0.717, 1.165) is 65.1 Å². The average molecular weight is 737 g/mol. The number of rotatable bonds is 10. The summed E-state index contributed by atoms with van der Waals surface area (Å²) < 4.78 is 9.47. The van der Waals surface area contributed by atoms with Crippen LogP contribution in [0.15, 0.2) is 72.2 Å². The lowest BCUT2D eigenvalue weighted by atomic mass is 10.0. The number of carbonyl (C=O) groups is 4. The van der Waals surface area contributed by atoms with E-state index < -0.39 is 18.2 Å². The van der Waals surface area contributed by atoms with Crippen LogP contribution in [-0.4, -0.2) is 87.1 Å². The molecule has 2 fully saturated rings. The molecule has 4 N–H and O–H groups in total. The zero-order chi connectivity index (χ0) is 38.5. The number of hydrogen-bond donors (Lipinski definition) is 4. The van der Waals surface area contributed by atoms with E-state index in [0.29, 0.717) is 24.5 Å². The predicted molar refractivity (Wildman–Crippen MR) is 202 cm³/mol. The SMILES string of the molecule is COC(=O)NC(C(=O)N1CCCC1c1ncc(-c2ccc(-c3ccc(-c4cnc(C5CCCN5C(=O)[C@@H](NC(=O)OC)C(C)C)[nH]4)cc3)cc2)[nH]1)=C(C)C. The van der Waals surface area contributed by atoms with Crippen LogP contribution in [0, 0.1) is 5.92 Å². The van der Waals surface area contributed by atoms with Gasteiger partial charge in [-0.25, -0.2) is 19.6 Å². The van der Waals surface area contributed by atoms with Crippen molar-refractivity contribution in [3.05, 3.63) is 83.8 Å². The summed E-state index contributed by atoms with van der Waals surface area (Å²) in [5, 5.41) is 5.26. The first-order valence-corrected chi connectivity index (χ1v) is 18.3. The Morgan fingerprint density at radius 1 is 0.722 bits per heavy atom. The third-order valence-corrected chi connectivity index (χ3v) is 10.1. The summed E-state index contributed by atoms with van der Waals surface area (Å²) in [7, 11) is 2.55. The van der Waals surface area contributed by atoms with Crippen LogP contribution in [0.5, 0.6) is 0 Å². The second-order valence-electron chi connectivity index (χ2n) is 14.2. The third kappa shape index (κ3) is 8.02. The lowest BCUT2D eigenvalue weighted by molar-refractivity contribution is -0.135. The normalized spacial score (nSPS) is 17.3. The molecule has 2 aromatic heterocycles. The van der Waals surface area contributed by atoms with Gasteiger partial charge in [0.2, 0.25) is 5.91 Å². The minimum atomic E-state index is -0.688. The molecule has 0 saturated carbocycles. The molecular weight excluding hydrogens is 688 g/mol. The first-order chi connectivity index (χ1) is 26.0. The molecule has 284 valence electrons. The van der Waals surface area contributed by atoms with Crippen molar-refractivity contribution in [1.82, 2.24) is 40.4 Å². The van der Waals surface area contributed by atoms with Gasteiger partial charge in [0.15, 0.2) is 0 Å². The van der Waals surface area contributed by atoms with E-state index in [2.05, 4.69) is 54.8 Å². The molecule has 2 unspecified atom stereocenters.